The van der Waals surface area contributed by atoms with Crippen molar-refractivity contribution in [3.63, 3.8) is 0 Å². The van der Waals surface area contributed by atoms with Crippen molar-refractivity contribution in [2.24, 2.45) is 0 Å². The second-order valence-corrected chi connectivity index (χ2v) is 4.65. The molecule has 0 heterocycles. The van der Waals surface area contributed by atoms with Crippen molar-refractivity contribution in [3.05, 3.63) is 76.7 Å². The van der Waals surface area contributed by atoms with E-state index in [0.717, 1.165) is 12.8 Å². The molecule has 1 radical (unpaired) electrons. The van der Waals surface area contributed by atoms with E-state index in [1.807, 2.05) is 0 Å². The molecule has 0 aliphatic rings. The van der Waals surface area contributed by atoms with Crippen LogP contribution < -0.4 is 0 Å². The Labute approximate surface area is 111 Å². The Bertz CT molecular complexity index is 463. The van der Waals surface area contributed by atoms with Gasteiger partial charge >= 0.3 is 0 Å². The monoisotopic (exact) mass is 237 g/mol. The predicted molar refractivity (Wildman–Crippen MR) is 78.8 cm³/mol. The Morgan fingerprint density at radius 2 is 1.11 bits per heavy atom. The van der Waals surface area contributed by atoms with E-state index in [2.05, 4.69) is 69.3 Å². The van der Waals surface area contributed by atoms with Gasteiger partial charge in [-0.2, -0.15) is 0 Å². The average molecular weight is 237 g/mol. The van der Waals surface area contributed by atoms with Crippen LogP contribution in [0.4, 0.5) is 0 Å². The topological polar surface area (TPSA) is 0 Å². The van der Waals surface area contributed by atoms with Crippen LogP contribution in [0.2, 0.25) is 0 Å². The summed E-state index contributed by atoms with van der Waals surface area (Å²) in [5.41, 5.74) is 5.64. The van der Waals surface area contributed by atoms with E-state index in [0.29, 0.717) is 0 Å². The first-order valence-electron chi connectivity index (χ1n) is 6.78. The highest BCUT2D eigenvalue weighted by Gasteiger charge is 2.14. The number of rotatable bonds is 4. The zero-order valence-corrected chi connectivity index (χ0v) is 11.5. The van der Waals surface area contributed by atoms with E-state index < -0.39 is 0 Å². The second kappa shape index (κ2) is 5.86. The SMILES string of the molecule is CCc1ccccc1[C](C)c1ccccc1CC. The smallest absolute Gasteiger partial charge is 0.0314 e. The molecule has 0 aromatic heterocycles. The first-order valence-corrected chi connectivity index (χ1v) is 6.78. The fraction of sp³-hybridized carbons (Fsp3) is 0.278. The molecule has 93 valence electrons. The van der Waals surface area contributed by atoms with Gasteiger partial charge in [0.1, 0.15) is 0 Å². The van der Waals surface area contributed by atoms with Gasteiger partial charge in [-0.1, -0.05) is 69.3 Å². The Balaban J connectivity index is 2.44. The Morgan fingerprint density at radius 1 is 0.722 bits per heavy atom. The highest BCUT2D eigenvalue weighted by molar-refractivity contribution is 5.51. The molecule has 0 spiro atoms. The summed E-state index contributed by atoms with van der Waals surface area (Å²) in [6, 6.07) is 17.4. The molecule has 0 bridgehead atoms. The summed E-state index contributed by atoms with van der Waals surface area (Å²) >= 11 is 0. The number of hydrogen-bond donors (Lipinski definition) is 0. The molecule has 0 atom stereocenters. The first kappa shape index (κ1) is 12.9. The third-order valence-electron chi connectivity index (χ3n) is 3.60. The summed E-state index contributed by atoms with van der Waals surface area (Å²) in [4.78, 5) is 0. The van der Waals surface area contributed by atoms with Gasteiger partial charge in [-0.05, 0) is 35.1 Å². The molecular formula is C18H21. The van der Waals surface area contributed by atoms with Crippen molar-refractivity contribution < 1.29 is 0 Å². The first-order chi connectivity index (χ1) is 8.77. The highest BCUT2D eigenvalue weighted by Crippen LogP contribution is 2.28. The van der Waals surface area contributed by atoms with Crippen molar-refractivity contribution in [3.8, 4) is 0 Å². The third-order valence-corrected chi connectivity index (χ3v) is 3.60. The van der Waals surface area contributed by atoms with Crippen LogP contribution in [-0.2, 0) is 12.8 Å². The largest absolute Gasteiger partial charge is 0.0620 e. The molecule has 0 unspecified atom stereocenters. The van der Waals surface area contributed by atoms with Gasteiger partial charge < -0.3 is 0 Å². The summed E-state index contributed by atoms with van der Waals surface area (Å²) in [5, 5.41) is 0. The minimum Gasteiger partial charge on any atom is -0.0620 e. The average Bonchev–Trinajstić information content (AvgIpc) is 2.46. The maximum atomic E-state index is 2.24. The van der Waals surface area contributed by atoms with Crippen molar-refractivity contribution in [2.75, 3.05) is 0 Å². The summed E-state index contributed by atoms with van der Waals surface area (Å²) in [5.74, 6) is 1.39. The van der Waals surface area contributed by atoms with Gasteiger partial charge in [0.05, 0.1) is 0 Å². The van der Waals surface area contributed by atoms with Crippen LogP contribution in [0.15, 0.2) is 48.5 Å². The van der Waals surface area contributed by atoms with Gasteiger partial charge in [0.25, 0.3) is 0 Å². The van der Waals surface area contributed by atoms with E-state index >= 15 is 0 Å². The molecule has 0 N–H and O–H groups in total. The van der Waals surface area contributed by atoms with Crippen molar-refractivity contribution in [1.29, 1.82) is 0 Å². The minimum absolute atomic E-state index is 1.09. The van der Waals surface area contributed by atoms with Crippen molar-refractivity contribution in [1.82, 2.24) is 0 Å². The van der Waals surface area contributed by atoms with Crippen molar-refractivity contribution >= 4 is 0 Å². The van der Waals surface area contributed by atoms with Crippen LogP contribution in [0.1, 0.15) is 43.0 Å². The van der Waals surface area contributed by atoms with Crippen LogP contribution in [0.3, 0.4) is 0 Å². The lowest BCUT2D eigenvalue weighted by atomic mass is 9.86. The normalized spacial score (nSPS) is 10.9. The maximum Gasteiger partial charge on any atom is 0.0314 e. The number of aryl methyl sites for hydroxylation is 2. The molecule has 0 saturated carbocycles. The molecule has 0 aliphatic heterocycles. The van der Waals surface area contributed by atoms with E-state index in [1.54, 1.807) is 0 Å². The summed E-state index contributed by atoms with van der Waals surface area (Å²) < 4.78 is 0. The molecule has 2 rings (SSSR count). The second-order valence-electron chi connectivity index (χ2n) is 4.65. The standard InChI is InChI=1S/C18H21/c1-4-15-10-6-8-12-17(15)14(3)18-13-9-7-11-16(18)5-2/h6-13H,4-5H2,1-3H3. The molecule has 0 saturated heterocycles. The van der Waals surface area contributed by atoms with Crippen molar-refractivity contribution in [2.45, 2.75) is 33.6 Å². The molecular weight excluding hydrogens is 216 g/mol. The summed E-state index contributed by atoms with van der Waals surface area (Å²) in [6.45, 7) is 6.68. The van der Waals surface area contributed by atoms with Crippen LogP contribution in [0, 0.1) is 5.92 Å². The predicted octanol–water partition coefficient (Wildman–Crippen LogP) is 4.80. The van der Waals surface area contributed by atoms with Crippen LogP contribution in [0.25, 0.3) is 0 Å². The molecule has 2 aromatic carbocycles. The van der Waals surface area contributed by atoms with E-state index in [4.69, 9.17) is 0 Å². The fourth-order valence-corrected chi connectivity index (χ4v) is 2.53. The maximum absolute atomic E-state index is 2.24. The lowest BCUT2D eigenvalue weighted by Crippen LogP contribution is -2.04. The van der Waals surface area contributed by atoms with Gasteiger partial charge in [-0.25, -0.2) is 0 Å². The molecule has 0 aliphatic carbocycles. The lowest BCUT2D eigenvalue weighted by Gasteiger charge is -2.18. The molecule has 18 heavy (non-hydrogen) atoms. The fourth-order valence-electron chi connectivity index (χ4n) is 2.53. The number of hydrogen-bond acceptors (Lipinski definition) is 0. The van der Waals surface area contributed by atoms with Crippen LogP contribution in [-0.4, -0.2) is 0 Å². The molecule has 0 nitrogen and oxygen atoms in total. The zero-order chi connectivity index (χ0) is 13.0. The number of benzene rings is 2. The van der Waals surface area contributed by atoms with Crippen LogP contribution in [0.5, 0.6) is 0 Å². The van der Waals surface area contributed by atoms with Gasteiger partial charge in [0.2, 0.25) is 0 Å². The van der Waals surface area contributed by atoms with Gasteiger partial charge in [0.15, 0.2) is 0 Å². The molecule has 0 amide bonds. The molecule has 0 heteroatoms. The van der Waals surface area contributed by atoms with Gasteiger partial charge in [0, 0.05) is 5.92 Å². The lowest BCUT2D eigenvalue weighted by molar-refractivity contribution is 1.04. The van der Waals surface area contributed by atoms with Gasteiger partial charge in [-0.3, -0.25) is 0 Å². The summed E-state index contributed by atoms with van der Waals surface area (Å²) in [7, 11) is 0. The van der Waals surface area contributed by atoms with E-state index in [1.165, 1.54) is 28.2 Å². The minimum atomic E-state index is 1.09. The highest BCUT2D eigenvalue weighted by atomic mass is 14.2. The summed E-state index contributed by atoms with van der Waals surface area (Å²) in [6.07, 6.45) is 2.17. The molecule has 2 aromatic rings. The van der Waals surface area contributed by atoms with E-state index in [-0.39, 0.29) is 0 Å². The molecule has 0 fully saturated rings. The zero-order valence-electron chi connectivity index (χ0n) is 11.5. The van der Waals surface area contributed by atoms with Crippen LogP contribution >= 0.6 is 0 Å². The van der Waals surface area contributed by atoms with Gasteiger partial charge in [-0.15, -0.1) is 0 Å². The Hall–Kier alpha value is -1.56. The quantitative estimate of drug-likeness (QED) is 0.716. The third kappa shape index (κ3) is 2.48. The van der Waals surface area contributed by atoms with E-state index in [9.17, 15) is 0 Å². The Morgan fingerprint density at radius 3 is 1.50 bits per heavy atom. The Kier molecular flexibility index (Phi) is 4.19.